The molecule has 4 heteroatoms. The van der Waals surface area contributed by atoms with Crippen molar-refractivity contribution < 1.29 is 0 Å². The number of hydrogen-bond donors (Lipinski definition) is 0. The van der Waals surface area contributed by atoms with Gasteiger partial charge in [0.05, 0.1) is 5.56 Å². The molecule has 0 radical (unpaired) electrons. The van der Waals surface area contributed by atoms with E-state index in [1.807, 2.05) is 44.2 Å². The highest BCUT2D eigenvalue weighted by Gasteiger charge is 2.10. The second-order valence-corrected chi connectivity index (χ2v) is 5.68. The molecule has 1 aromatic carbocycles. The quantitative estimate of drug-likeness (QED) is 0.682. The van der Waals surface area contributed by atoms with Gasteiger partial charge in [0.1, 0.15) is 5.65 Å². The molecule has 0 spiro atoms. The lowest BCUT2D eigenvalue weighted by Gasteiger charge is -2.08. The Morgan fingerprint density at radius 3 is 2.75 bits per heavy atom. The van der Waals surface area contributed by atoms with E-state index in [9.17, 15) is 4.79 Å². The fourth-order valence-corrected chi connectivity index (χ4v) is 2.63. The first-order valence-corrected chi connectivity index (χ1v) is 7.11. The highest BCUT2D eigenvalue weighted by molar-refractivity contribution is 9.10. The number of hydrogen-bond acceptors (Lipinski definition) is 2. The Bertz CT molecular complexity index is 868. The number of aromatic nitrogens is 2. The van der Waals surface area contributed by atoms with Gasteiger partial charge in [-0.05, 0) is 48.7 Å². The van der Waals surface area contributed by atoms with E-state index in [1.165, 1.54) is 0 Å². The molecule has 0 saturated carbocycles. The molecular weight excluding hydrogens is 316 g/mol. The van der Waals surface area contributed by atoms with E-state index in [1.54, 1.807) is 16.8 Å². The summed E-state index contributed by atoms with van der Waals surface area (Å²) in [5, 5.41) is 0. The number of rotatable bonds is 1. The lowest BCUT2D eigenvalue weighted by molar-refractivity contribution is 1.04. The summed E-state index contributed by atoms with van der Waals surface area (Å²) in [6, 6.07) is 9.65. The Labute approximate surface area is 125 Å². The first kappa shape index (κ1) is 13.1. The van der Waals surface area contributed by atoms with E-state index in [4.69, 9.17) is 0 Å². The molecule has 20 heavy (non-hydrogen) atoms. The average molecular weight is 329 g/mol. The second kappa shape index (κ2) is 4.87. The standard InChI is InChI=1S/C16H13BrN2O/c1-10-6-7-19-15(8-10)18-9-13(16(19)20)12-4-3-5-14(17)11(12)2/h3-9H,1-2H3. The van der Waals surface area contributed by atoms with Crippen LogP contribution in [0.5, 0.6) is 0 Å². The Balaban J connectivity index is 2.33. The largest absolute Gasteiger partial charge is 0.268 e. The van der Waals surface area contributed by atoms with E-state index in [-0.39, 0.29) is 5.56 Å². The van der Waals surface area contributed by atoms with Crippen LogP contribution in [0.25, 0.3) is 16.8 Å². The SMILES string of the molecule is Cc1ccn2c(=O)c(-c3cccc(Br)c3C)cnc2c1. The van der Waals surface area contributed by atoms with Crippen molar-refractivity contribution in [3.05, 3.63) is 68.7 Å². The van der Waals surface area contributed by atoms with Gasteiger partial charge in [-0.2, -0.15) is 0 Å². The van der Waals surface area contributed by atoms with Crippen LogP contribution in [-0.4, -0.2) is 9.38 Å². The predicted molar refractivity (Wildman–Crippen MR) is 84.1 cm³/mol. The minimum atomic E-state index is -0.0452. The van der Waals surface area contributed by atoms with Crippen molar-refractivity contribution in [3.63, 3.8) is 0 Å². The fourth-order valence-electron chi connectivity index (χ4n) is 2.26. The minimum absolute atomic E-state index is 0.0452. The van der Waals surface area contributed by atoms with Gasteiger partial charge in [-0.15, -0.1) is 0 Å². The number of aryl methyl sites for hydroxylation is 1. The third kappa shape index (κ3) is 2.06. The lowest BCUT2D eigenvalue weighted by Crippen LogP contribution is -2.17. The van der Waals surface area contributed by atoms with Gasteiger partial charge in [0, 0.05) is 16.9 Å². The Kier molecular flexibility index (Phi) is 3.18. The maximum absolute atomic E-state index is 12.6. The summed E-state index contributed by atoms with van der Waals surface area (Å²) in [6.45, 7) is 3.97. The molecule has 0 aliphatic rings. The molecule has 2 heterocycles. The molecule has 3 nitrogen and oxygen atoms in total. The molecule has 100 valence electrons. The normalized spacial score (nSPS) is 10.9. The summed E-state index contributed by atoms with van der Waals surface area (Å²) in [5.74, 6) is 0. The molecule has 0 amide bonds. The molecule has 0 atom stereocenters. The Morgan fingerprint density at radius 1 is 1.15 bits per heavy atom. The van der Waals surface area contributed by atoms with Gasteiger partial charge in [0.25, 0.3) is 5.56 Å². The topological polar surface area (TPSA) is 34.4 Å². The summed E-state index contributed by atoms with van der Waals surface area (Å²) in [6.07, 6.45) is 3.43. The van der Waals surface area contributed by atoms with Crippen molar-refractivity contribution in [3.8, 4) is 11.1 Å². The maximum Gasteiger partial charge on any atom is 0.265 e. The maximum atomic E-state index is 12.6. The van der Waals surface area contributed by atoms with Gasteiger partial charge in [-0.3, -0.25) is 9.20 Å². The molecule has 0 unspecified atom stereocenters. The molecule has 0 fully saturated rings. The monoisotopic (exact) mass is 328 g/mol. The van der Waals surface area contributed by atoms with Crippen LogP contribution < -0.4 is 5.56 Å². The van der Waals surface area contributed by atoms with Crippen molar-refractivity contribution in [2.45, 2.75) is 13.8 Å². The first-order valence-electron chi connectivity index (χ1n) is 6.31. The van der Waals surface area contributed by atoms with Gasteiger partial charge in [0.15, 0.2) is 0 Å². The van der Waals surface area contributed by atoms with Gasteiger partial charge in [-0.1, -0.05) is 28.1 Å². The summed E-state index contributed by atoms with van der Waals surface area (Å²) >= 11 is 3.50. The third-order valence-electron chi connectivity index (χ3n) is 3.42. The Hall–Kier alpha value is -1.94. The zero-order valence-corrected chi connectivity index (χ0v) is 12.8. The highest BCUT2D eigenvalue weighted by atomic mass is 79.9. The van der Waals surface area contributed by atoms with Gasteiger partial charge < -0.3 is 0 Å². The number of nitrogens with zero attached hydrogens (tertiary/aromatic N) is 2. The fraction of sp³-hybridized carbons (Fsp3) is 0.125. The second-order valence-electron chi connectivity index (χ2n) is 4.82. The van der Waals surface area contributed by atoms with Crippen molar-refractivity contribution in [2.75, 3.05) is 0 Å². The highest BCUT2D eigenvalue weighted by Crippen LogP contribution is 2.26. The molecule has 3 rings (SSSR count). The first-order chi connectivity index (χ1) is 9.58. The zero-order chi connectivity index (χ0) is 14.3. The molecule has 0 aliphatic heterocycles. The van der Waals surface area contributed by atoms with E-state index in [0.717, 1.165) is 21.2 Å². The van der Waals surface area contributed by atoms with Crippen LogP contribution in [-0.2, 0) is 0 Å². The number of halogens is 1. The van der Waals surface area contributed by atoms with Crippen LogP contribution in [0.15, 0.2) is 52.0 Å². The summed E-state index contributed by atoms with van der Waals surface area (Å²) in [4.78, 5) is 17.0. The molecule has 0 N–H and O–H groups in total. The van der Waals surface area contributed by atoms with Gasteiger partial charge >= 0.3 is 0 Å². The van der Waals surface area contributed by atoms with Crippen molar-refractivity contribution in [2.24, 2.45) is 0 Å². The number of fused-ring (bicyclic) bond motifs is 1. The molecule has 3 aromatic rings. The molecular formula is C16H13BrN2O. The van der Waals surface area contributed by atoms with E-state index >= 15 is 0 Å². The molecule has 0 aliphatic carbocycles. The lowest BCUT2D eigenvalue weighted by atomic mass is 10.0. The minimum Gasteiger partial charge on any atom is -0.268 e. The summed E-state index contributed by atoms with van der Waals surface area (Å²) < 4.78 is 2.58. The number of pyridine rings is 1. The van der Waals surface area contributed by atoms with Crippen LogP contribution >= 0.6 is 15.9 Å². The van der Waals surface area contributed by atoms with Crippen molar-refractivity contribution in [1.29, 1.82) is 0 Å². The van der Waals surface area contributed by atoms with E-state index in [2.05, 4.69) is 20.9 Å². The van der Waals surface area contributed by atoms with Crippen LogP contribution in [0, 0.1) is 13.8 Å². The summed E-state index contributed by atoms with van der Waals surface area (Å²) in [7, 11) is 0. The van der Waals surface area contributed by atoms with Gasteiger partial charge in [0.2, 0.25) is 0 Å². The molecule has 2 aromatic heterocycles. The third-order valence-corrected chi connectivity index (χ3v) is 4.28. The van der Waals surface area contributed by atoms with Crippen LogP contribution in [0.2, 0.25) is 0 Å². The van der Waals surface area contributed by atoms with E-state index < -0.39 is 0 Å². The smallest absolute Gasteiger partial charge is 0.265 e. The number of benzene rings is 1. The zero-order valence-electron chi connectivity index (χ0n) is 11.2. The van der Waals surface area contributed by atoms with Crippen LogP contribution in [0.1, 0.15) is 11.1 Å². The van der Waals surface area contributed by atoms with Crippen molar-refractivity contribution >= 4 is 21.6 Å². The van der Waals surface area contributed by atoms with Crippen molar-refractivity contribution in [1.82, 2.24) is 9.38 Å². The molecule has 0 bridgehead atoms. The van der Waals surface area contributed by atoms with E-state index in [0.29, 0.717) is 11.2 Å². The van der Waals surface area contributed by atoms with Crippen LogP contribution in [0.4, 0.5) is 0 Å². The van der Waals surface area contributed by atoms with Crippen LogP contribution in [0.3, 0.4) is 0 Å². The molecule has 0 saturated heterocycles. The summed E-state index contributed by atoms with van der Waals surface area (Å²) in [5.41, 5.74) is 4.28. The van der Waals surface area contributed by atoms with Gasteiger partial charge in [-0.25, -0.2) is 4.98 Å². The Morgan fingerprint density at radius 2 is 1.95 bits per heavy atom. The average Bonchev–Trinajstić information content (AvgIpc) is 2.43. The predicted octanol–water partition coefficient (Wildman–Crippen LogP) is 3.74.